The summed E-state index contributed by atoms with van der Waals surface area (Å²) in [6, 6.07) is 0.0119. The first kappa shape index (κ1) is 11.1. The van der Waals surface area contributed by atoms with E-state index in [0.717, 1.165) is 0 Å². The van der Waals surface area contributed by atoms with Gasteiger partial charge in [-0.3, -0.25) is 14.3 Å². The van der Waals surface area contributed by atoms with Crippen molar-refractivity contribution in [3.63, 3.8) is 0 Å². The lowest BCUT2D eigenvalue weighted by atomic mass is 10.2. The van der Waals surface area contributed by atoms with Crippen LogP contribution in [0, 0.1) is 0 Å². The van der Waals surface area contributed by atoms with Crippen LogP contribution >= 0.6 is 0 Å². The van der Waals surface area contributed by atoms with Gasteiger partial charge in [0.2, 0.25) is 0 Å². The fraction of sp³-hybridized carbons (Fsp3) is 0.556. The molecular formula is C9H13N3O4. The molecule has 1 fully saturated rings. The summed E-state index contributed by atoms with van der Waals surface area (Å²) in [6.07, 6.45) is -0.573. The molecule has 0 bridgehead atoms. The molecule has 0 radical (unpaired) electrons. The van der Waals surface area contributed by atoms with Gasteiger partial charge in [-0.1, -0.05) is 0 Å². The lowest BCUT2D eigenvalue weighted by Gasteiger charge is -2.17. The average Bonchev–Trinajstić information content (AvgIpc) is 2.46. The number of rotatable bonds is 1. The summed E-state index contributed by atoms with van der Waals surface area (Å²) in [5, 5.41) is 19.2. The van der Waals surface area contributed by atoms with Crippen LogP contribution in [0.25, 0.3) is 0 Å². The summed E-state index contributed by atoms with van der Waals surface area (Å²) in [4.78, 5) is 24.4. The minimum Gasteiger partial charge on any atom is -0.389 e. The number of aromatic amines is 1. The van der Waals surface area contributed by atoms with Gasteiger partial charge in [-0.05, 0) is 6.42 Å². The molecule has 2 rings (SSSR count). The van der Waals surface area contributed by atoms with Gasteiger partial charge in [0.05, 0.1) is 12.1 Å². The van der Waals surface area contributed by atoms with Crippen LogP contribution in [0.15, 0.2) is 21.9 Å². The van der Waals surface area contributed by atoms with Crippen LogP contribution in [0.4, 0.5) is 0 Å². The lowest BCUT2D eigenvalue weighted by Crippen LogP contribution is -2.38. The van der Waals surface area contributed by atoms with Gasteiger partial charge >= 0.3 is 5.69 Å². The predicted octanol–water partition coefficient (Wildman–Crippen LogP) is -2.47. The number of H-pyrrole nitrogens is 1. The molecule has 1 aromatic rings. The van der Waals surface area contributed by atoms with Crippen LogP contribution < -0.4 is 17.0 Å². The molecule has 7 nitrogen and oxygen atoms in total. The fourth-order valence-corrected chi connectivity index (χ4v) is 2.01. The summed E-state index contributed by atoms with van der Waals surface area (Å²) in [5.41, 5.74) is 4.46. The first-order chi connectivity index (χ1) is 7.50. The molecule has 1 aliphatic carbocycles. The zero-order chi connectivity index (χ0) is 11.9. The molecule has 1 aliphatic rings. The summed E-state index contributed by atoms with van der Waals surface area (Å²) in [5.74, 6) is 0. The zero-order valence-electron chi connectivity index (χ0n) is 8.41. The van der Waals surface area contributed by atoms with Crippen molar-refractivity contribution in [2.24, 2.45) is 5.73 Å². The quantitative estimate of drug-likeness (QED) is 0.423. The number of hydrogen-bond donors (Lipinski definition) is 4. The SMILES string of the molecule is N[C@@H]1C[C@@H](n2ccc(=O)[nH]c2=O)[C@@H](O)[C@@H]1O. The van der Waals surface area contributed by atoms with Crippen molar-refractivity contribution in [1.82, 2.24) is 9.55 Å². The van der Waals surface area contributed by atoms with Crippen LogP contribution in [-0.2, 0) is 0 Å². The van der Waals surface area contributed by atoms with Crippen molar-refractivity contribution in [3.8, 4) is 0 Å². The standard InChI is InChI=1S/C9H13N3O4/c10-4-3-5(8(15)7(4)14)12-2-1-6(13)11-9(12)16/h1-2,4-5,7-8,14-15H,3,10H2,(H,11,13,16)/t4-,5-,7-,8-/m1/s1. The predicted molar refractivity (Wildman–Crippen MR) is 55.0 cm³/mol. The lowest BCUT2D eigenvalue weighted by molar-refractivity contribution is 0.0173. The highest BCUT2D eigenvalue weighted by atomic mass is 16.3. The highest BCUT2D eigenvalue weighted by Crippen LogP contribution is 2.28. The van der Waals surface area contributed by atoms with Crippen LogP contribution in [0.5, 0.6) is 0 Å². The fourth-order valence-electron chi connectivity index (χ4n) is 2.01. The Hall–Kier alpha value is -1.44. The van der Waals surface area contributed by atoms with Crippen molar-refractivity contribution in [2.45, 2.75) is 30.7 Å². The molecule has 0 unspecified atom stereocenters. The van der Waals surface area contributed by atoms with Gasteiger partial charge in [-0.15, -0.1) is 0 Å². The van der Waals surface area contributed by atoms with Crippen molar-refractivity contribution < 1.29 is 10.2 Å². The molecule has 88 valence electrons. The molecule has 7 heteroatoms. The third-order valence-corrected chi connectivity index (χ3v) is 2.90. The molecule has 0 aliphatic heterocycles. The van der Waals surface area contributed by atoms with Crippen molar-refractivity contribution >= 4 is 0 Å². The monoisotopic (exact) mass is 227 g/mol. The summed E-state index contributed by atoms with van der Waals surface area (Å²) < 4.78 is 1.18. The van der Waals surface area contributed by atoms with Gasteiger partial charge in [0.15, 0.2) is 0 Å². The number of nitrogens with zero attached hydrogens (tertiary/aromatic N) is 1. The molecule has 0 saturated heterocycles. The van der Waals surface area contributed by atoms with Crippen LogP contribution in [0.3, 0.4) is 0 Å². The smallest absolute Gasteiger partial charge is 0.328 e. The molecule has 1 heterocycles. The number of aliphatic hydroxyl groups excluding tert-OH is 2. The van der Waals surface area contributed by atoms with Gasteiger partial charge < -0.3 is 15.9 Å². The minimum absolute atomic E-state index is 0.286. The molecule has 16 heavy (non-hydrogen) atoms. The Kier molecular flexibility index (Phi) is 2.66. The Labute approximate surface area is 90.2 Å². The van der Waals surface area contributed by atoms with E-state index in [1.807, 2.05) is 0 Å². The topological polar surface area (TPSA) is 121 Å². The highest BCUT2D eigenvalue weighted by Gasteiger charge is 2.40. The number of aliphatic hydroxyl groups is 2. The van der Waals surface area contributed by atoms with E-state index in [-0.39, 0.29) is 6.42 Å². The minimum atomic E-state index is -1.10. The number of nitrogens with one attached hydrogen (secondary N) is 1. The molecular weight excluding hydrogens is 214 g/mol. The maximum absolute atomic E-state index is 11.5. The van der Waals surface area contributed by atoms with Gasteiger partial charge in [0.25, 0.3) is 5.56 Å². The van der Waals surface area contributed by atoms with E-state index >= 15 is 0 Å². The molecule has 0 aromatic carbocycles. The Morgan fingerprint density at radius 1 is 1.38 bits per heavy atom. The first-order valence-corrected chi connectivity index (χ1v) is 4.94. The molecule has 0 spiro atoms. The number of nitrogens with two attached hydrogens (primary N) is 1. The molecule has 1 saturated carbocycles. The van der Waals surface area contributed by atoms with E-state index in [0.29, 0.717) is 0 Å². The Morgan fingerprint density at radius 2 is 2.06 bits per heavy atom. The maximum atomic E-state index is 11.5. The van der Waals surface area contributed by atoms with E-state index in [4.69, 9.17) is 5.73 Å². The Balaban J connectivity index is 2.39. The summed E-state index contributed by atoms with van der Waals surface area (Å²) in [7, 11) is 0. The number of aromatic nitrogens is 2. The van der Waals surface area contributed by atoms with Gasteiger partial charge in [-0.25, -0.2) is 4.79 Å². The first-order valence-electron chi connectivity index (χ1n) is 4.94. The van der Waals surface area contributed by atoms with Crippen molar-refractivity contribution in [2.75, 3.05) is 0 Å². The Bertz CT molecular complexity index is 494. The zero-order valence-corrected chi connectivity index (χ0v) is 8.41. The second-order valence-electron chi connectivity index (χ2n) is 3.97. The van der Waals surface area contributed by atoms with Crippen LogP contribution in [0.2, 0.25) is 0 Å². The second kappa shape index (κ2) is 3.85. The van der Waals surface area contributed by atoms with E-state index in [2.05, 4.69) is 4.98 Å². The highest BCUT2D eigenvalue weighted by molar-refractivity contribution is 4.99. The van der Waals surface area contributed by atoms with Crippen LogP contribution in [-0.4, -0.2) is 38.0 Å². The largest absolute Gasteiger partial charge is 0.389 e. The normalized spacial score (nSPS) is 34.2. The maximum Gasteiger partial charge on any atom is 0.328 e. The summed E-state index contributed by atoms with van der Waals surface area (Å²) in [6.45, 7) is 0. The third-order valence-electron chi connectivity index (χ3n) is 2.90. The van der Waals surface area contributed by atoms with Crippen molar-refractivity contribution in [3.05, 3.63) is 33.1 Å². The van der Waals surface area contributed by atoms with Crippen molar-refractivity contribution in [1.29, 1.82) is 0 Å². The van der Waals surface area contributed by atoms with Gasteiger partial charge in [0.1, 0.15) is 6.10 Å². The molecule has 5 N–H and O–H groups in total. The third kappa shape index (κ3) is 1.69. The Morgan fingerprint density at radius 3 is 2.56 bits per heavy atom. The average molecular weight is 227 g/mol. The molecule has 4 atom stereocenters. The van der Waals surface area contributed by atoms with E-state index in [9.17, 15) is 19.8 Å². The molecule has 1 aromatic heterocycles. The van der Waals surface area contributed by atoms with E-state index in [1.165, 1.54) is 16.8 Å². The van der Waals surface area contributed by atoms with Gasteiger partial charge in [0, 0.05) is 18.3 Å². The van der Waals surface area contributed by atoms with Crippen LogP contribution in [0.1, 0.15) is 12.5 Å². The van der Waals surface area contributed by atoms with Gasteiger partial charge in [-0.2, -0.15) is 0 Å². The second-order valence-corrected chi connectivity index (χ2v) is 3.97. The van der Waals surface area contributed by atoms with E-state index < -0.39 is 35.5 Å². The number of hydrogen-bond acceptors (Lipinski definition) is 5. The summed E-state index contributed by atoms with van der Waals surface area (Å²) >= 11 is 0. The van der Waals surface area contributed by atoms with E-state index in [1.54, 1.807) is 0 Å². The molecule has 0 amide bonds.